The first-order valence-corrected chi connectivity index (χ1v) is 13.9. The Bertz CT molecular complexity index is 819. The Labute approximate surface area is 202 Å². The number of rotatable bonds is 2. The van der Waals surface area contributed by atoms with E-state index in [2.05, 4.69) is 48.1 Å². The lowest BCUT2D eigenvalue weighted by atomic mass is 9.32. The largest absolute Gasteiger partial charge is 0.396 e. The van der Waals surface area contributed by atoms with Gasteiger partial charge in [0.2, 0.25) is 0 Å². The topological polar surface area (TPSA) is 60.7 Å². The van der Waals surface area contributed by atoms with Crippen LogP contribution in [-0.2, 0) is 0 Å². The minimum absolute atomic E-state index is 0.0675. The minimum atomic E-state index is -0.359. The van der Waals surface area contributed by atoms with Crippen LogP contribution < -0.4 is 0 Å². The molecule has 0 aromatic rings. The summed E-state index contributed by atoms with van der Waals surface area (Å²) >= 11 is 0. The van der Waals surface area contributed by atoms with Gasteiger partial charge in [0.1, 0.15) is 0 Å². The van der Waals surface area contributed by atoms with Crippen LogP contribution >= 0.6 is 0 Å². The lowest BCUT2D eigenvalue weighted by Gasteiger charge is -2.73. The molecule has 5 rings (SSSR count). The third-order valence-corrected chi connectivity index (χ3v) is 13.4. The van der Waals surface area contributed by atoms with E-state index in [0.29, 0.717) is 30.3 Å². The van der Waals surface area contributed by atoms with Gasteiger partial charge in [-0.15, -0.1) is 0 Å². The predicted octanol–water partition coefficient (Wildman–Crippen LogP) is 5.97. The zero-order chi connectivity index (χ0) is 24.2. The molecule has 0 spiro atoms. The first-order valence-electron chi connectivity index (χ1n) is 13.9. The molecule has 0 saturated heterocycles. The van der Waals surface area contributed by atoms with Crippen molar-refractivity contribution in [2.45, 2.75) is 112 Å². The van der Waals surface area contributed by atoms with Gasteiger partial charge in [-0.3, -0.25) is 0 Å². The van der Waals surface area contributed by atoms with Crippen LogP contribution in [0.1, 0.15) is 99.3 Å². The molecule has 5 saturated carbocycles. The summed E-state index contributed by atoms with van der Waals surface area (Å²) < 4.78 is 0. The number of fused-ring (bicyclic) bond motifs is 7. The highest BCUT2D eigenvalue weighted by atomic mass is 16.3. The quantitative estimate of drug-likeness (QED) is 0.447. The highest BCUT2D eigenvalue weighted by molar-refractivity contribution is 5.22. The molecule has 0 aromatic heterocycles. The Hall–Kier alpha value is -0.380. The molecule has 0 aliphatic heterocycles. The summed E-state index contributed by atoms with van der Waals surface area (Å²) in [6, 6.07) is 0. The van der Waals surface area contributed by atoms with Gasteiger partial charge in [0.15, 0.2) is 0 Å². The SMILES string of the molecule is C=C(C)[C@@H]1CC[C@]2(CO)CC[C@]3(C)[C@H](CC[C@@H]4[C@@]5(C)CC[C@H](O)C(C)(C)[C@@H]5[C@H](O)C[C@]43C)[C@@H]12. The van der Waals surface area contributed by atoms with Crippen molar-refractivity contribution in [3.05, 3.63) is 12.2 Å². The molecule has 0 amide bonds. The highest BCUT2D eigenvalue weighted by Gasteiger charge is 2.72. The molecule has 3 N–H and O–H groups in total. The Morgan fingerprint density at radius 3 is 2.21 bits per heavy atom. The number of hydrogen-bond acceptors (Lipinski definition) is 3. The van der Waals surface area contributed by atoms with Crippen molar-refractivity contribution in [3.8, 4) is 0 Å². The van der Waals surface area contributed by atoms with E-state index < -0.39 is 0 Å². The van der Waals surface area contributed by atoms with E-state index in [9.17, 15) is 15.3 Å². The molecule has 0 radical (unpaired) electrons. The van der Waals surface area contributed by atoms with E-state index in [1.54, 1.807) is 0 Å². The Morgan fingerprint density at radius 2 is 1.58 bits per heavy atom. The fraction of sp³-hybridized carbons (Fsp3) is 0.933. The van der Waals surface area contributed by atoms with Gasteiger partial charge in [-0.2, -0.15) is 0 Å². The highest BCUT2D eigenvalue weighted by Crippen LogP contribution is 2.77. The van der Waals surface area contributed by atoms with Crippen molar-refractivity contribution in [1.29, 1.82) is 0 Å². The molecule has 33 heavy (non-hydrogen) atoms. The van der Waals surface area contributed by atoms with Gasteiger partial charge in [0.05, 0.1) is 12.2 Å². The van der Waals surface area contributed by atoms with Crippen molar-refractivity contribution < 1.29 is 15.3 Å². The fourth-order valence-electron chi connectivity index (χ4n) is 11.7. The Balaban J connectivity index is 1.58. The van der Waals surface area contributed by atoms with Gasteiger partial charge in [0, 0.05) is 6.61 Å². The summed E-state index contributed by atoms with van der Waals surface area (Å²) in [6.07, 6.45) is 9.15. The second-order valence-electron chi connectivity index (χ2n) is 14.7. The second-order valence-corrected chi connectivity index (χ2v) is 14.7. The van der Waals surface area contributed by atoms with E-state index in [0.717, 1.165) is 32.1 Å². The third kappa shape index (κ3) is 2.85. The van der Waals surface area contributed by atoms with Gasteiger partial charge in [0.25, 0.3) is 0 Å². The molecule has 0 aromatic carbocycles. The maximum absolute atomic E-state index is 11.8. The number of hydrogen-bond donors (Lipinski definition) is 3. The van der Waals surface area contributed by atoms with Crippen LogP contribution in [0.3, 0.4) is 0 Å². The van der Waals surface area contributed by atoms with Crippen LogP contribution in [0.15, 0.2) is 12.2 Å². The Morgan fingerprint density at radius 1 is 0.879 bits per heavy atom. The minimum Gasteiger partial charge on any atom is -0.396 e. The zero-order valence-electron chi connectivity index (χ0n) is 22.2. The summed E-state index contributed by atoms with van der Waals surface area (Å²) in [5.74, 6) is 2.39. The molecule has 0 unspecified atom stereocenters. The fourth-order valence-corrected chi connectivity index (χ4v) is 11.7. The van der Waals surface area contributed by atoms with Gasteiger partial charge in [-0.25, -0.2) is 0 Å². The predicted molar refractivity (Wildman–Crippen MR) is 133 cm³/mol. The van der Waals surface area contributed by atoms with E-state index in [-0.39, 0.29) is 45.2 Å². The summed E-state index contributed by atoms with van der Waals surface area (Å²) in [4.78, 5) is 0. The van der Waals surface area contributed by atoms with E-state index >= 15 is 0 Å². The Kier molecular flexibility index (Phi) is 5.40. The smallest absolute Gasteiger partial charge is 0.0595 e. The van der Waals surface area contributed by atoms with Gasteiger partial charge in [-0.1, -0.05) is 46.8 Å². The normalized spacial score (nSPS) is 57.4. The summed E-state index contributed by atoms with van der Waals surface area (Å²) in [5.41, 5.74) is 1.47. The molecule has 3 heteroatoms. The molecular formula is C30H50O3. The molecule has 3 nitrogen and oxygen atoms in total. The van der Waals surface area contributed by atoms with Crippen LogP contribution in [0.25, 0.3) is 0 Å². The molecular weight excluding hydrogens is 408 g/mol. The number of allylic oxidation sites excluding steroid dienone is 1. The van der Waals surface area contributed by atoms with Crippen molar-refractivity contribution in [2.75, 3.05) is 6.61 Å². The standard InChI is InChI=1S/C30H50O3/c1-18(2)19-10-13-30(17-31)15-14-28(6)20(24(19)30)8-9-22-27(5)12-11-23(33)26(3,4)25(27)21(32)16-29(22,28)7/h19-25,31-33H,1,8-17H2,2-7H3/t19-,20+,21+,22+,23-,24+,25-,27+,28+,29+,30+/m0/s1. The average Bonchev–Trinajstić information content (AvgIpc) is 3.12. The molecule has 0 heterocycles. The molecule has 11 atom stereocenters. The van der Waals surface area contributed by atoms with Crippen LogP contribution in [0.5, 0.6) is 0 Å². The second kappa shape index (κ2) is 7.32. The lowest BCUT2D eigenvalue weighted by Crippen LogP contribution is -2.69. The van der Waals surface area contributed by atoms with Gasteiger partial charge < -0.3 is 15.3 Å². The van der Waals surface area contributed by atoms with Gasteiger partial charge >= 0.3 is 0 Å². The zero-order valence-corrected chi connectivity index (χ0v) is 22.2. The molecule has 188 valence electrons. The van der Waals surface area contributed by atoms with Crippen molar-refractivity contribution in [2.24, 2.45) is 56.7 Å². The van der Waals surface area contributed by atoms with Crippen LogP contribution in [-0.4, -0.2) is 34.1 Å². The van der Waals surface area contributed by atoms with Crippen molar-refractivity contribution in [1.82, 2.24) is 0 Å². The summed E-state index contributed by atoms with van der Waals surface area (Å²) in [5, 5.41) is 33.3. The monoisotopic (exact) mass is 458 g/mol. The van der Waals surface area contributed by atoms with Crippen molar-refractivity contribution >= 4 is 0 Å². The van der Waals surface area contributed by atoms with E-state index in [1.165, 1.54) is 31.3 Å². The van der Waals surface area contributed by atoms with Gasteiger partial charge in [-0.05, 0) is 121 Å². The number of aliphatic hydroxyl groups excluding tert-OH is 3. The van der Waals surface area contributed by atoms with E-state index in [4.69, 9.17) is 0 Å². The average molecular weight is 459 g/mol. The first kappa shape index (κ1) is 24.3. The van der Waals surface area contributed by atoms with Crippen LogP contribution in [0.2, 0.25) is 0 Å². The van der Waals surface area contributed by atoms with Crippen LogP contribution in [0.4, 0.5) is 0 Å². The molecule has 5 aliphatic carbocycles. The molecule has 5 aliphatic rings. The van der Waals surface area contributed by atoms with Crippen molar-refractivity contribution in [3.63, 3.8) is 0 Å². The maximum atomic E-state index is 11.8. The first-order chi connectivity index (χ1) is 15.3. The summed E-state index contributed by atoms with van der Waals surface area (Å²) in [6.45, 7) is 18.9. The van der Waals surface area contributed by atoms with E-state index in [1.807, 2.05) is 0 Å². The van der Waals surface area contributed by atoms with Crippen LogP contribution in [0, 0.1) is 56.7 Å². The summed E-state index contributed by atoms with van der Waals surface area (Å²) in [7, 11) is 0. The number of aliphatic hydroxyl groups is 3. The molecule has 0 bridgehead atoms. The lowest BCUT2D eigenvalue weighted by molar-refractivity contribution is -0.276. The maximum Gasteiger partial charge on any atom is 0.0595 e. The molecule has 5 fully saturated rings. The third-order valence-electron chi connectivity index (χ3n) is 13.4.